The molecular weight excluding hydrogens is 326 g/mol. The van der Waals surface area contributed by atoms with Gasteiger partial charge in [0.2, 0.25) is 0 Å². The lowest BCUT2D eigenvalue weighted by molar-refractivity contribution is 0.0740. The van der Waals surface area contributed by atoms with Gasteiger partial charge in [-0.1, -0.05) is 6.07 Å². The molecule has 1 amide bonds. The number of rotatable bonds is 2. The van der Waals surface area contributed by atoms with Gasteiger partial charge in [0.25, 0.3) is 5.91 Å². The highest BCUT2D eigenvalue weighted by atomic mass is 32.1. The van der Waals surface area contributed by atoms with Crippen LogP contribution in [-0.2, 0) is 13.0 Å². The molecule has 4 rings (SSSR count). The average Bonchev–Trinajstić information content (AvgIpc) is 3.20. The second kappa shape index (κ2) is 5.86. The normalized spacial score (nSPS) is 13.9. The summed E-state index contributed by atoms with van der Waals surface area (Å²) in [5.41, 5.74) is 2.89. The SMILES string of the molecule is Cc1nc(-c2ccccn2)sc1C(=O)N1CCc2sccc2C1. The summed E-state index contributed by atoms with van der Waals surface area (Å²) in [5.74, 6) is 0.0824. The first-order valence-electron chi connectivity index (χ1n) is 7.46. The zero-order valence-electron chi connectivity index (χ0n) is 12.7. The predicted molar refractivity (Wildman–Crippen MR) is 92.8 cm³/mol. The maximum Gasteiger partial charge on any atom is 0.266 e. The van der Waals surface area contributed by atoms with E-state index >= 15 is 0 Å². The Morgan fingerprint density at radius 3 is 3.04 bits per heavy atom. The monoisotopic (exact) mass is 341 g/mol. The standard InChI is InChI=1S/C17H15N3OS2/c1-11-15(23-16(19-11)13-4-2-3-7-18-13)17(21)20-8-5-14-12(10-20)6-9-22-14/h2-4,6-7,9H,5,8,10H2,1H3. The van der Waals surface area contributed by atoms with E-state index in [0.717, 1.165) is 34.2 Å². The van der Waals surface area contributed by atoms with Crippen molar-refractivity contribution in [3.63, 3.8) is 0 Å². The Bertz CT molecular complexity index is 854. The van der Waals surface area contributed by atoms with Gasteiger partial charge in [0.15, 0.2) is 0 Å². The molecule has 0 saturated heterocycles. The minimum Gasteiger partial charge on any atom is -0.333 e. The molecule has 0 aliphatic carbocycles. The maximum atomic E-state index is 12.9. The Hall–Kier alpha value is -2.05. The van der Waals surface area contributed by atoms with E-state index in [1.54, 1.807) is 17.5 Å². The van der Waals surface area contributed by atoms with E-state index in [2.05, 4.69) is 21.4 Å². The Labute approximate surface area is 142 Å². The summed E-state index contributed by atoms with van der Waals surface area (Å²) < 4.78 is 0. The Morgan fingerprint density at radius 2 is 2.22 bits per heavy atom. The quantitative estimate of drug-likeness (QED) is 0.713. The molecule has 0 bridgehead atoms. The number of hydrogen-bond acceptors (Lipinski definition) is 5. The summed E-state index contributed by atoms with van der Waals surface area (Å²) >= 11 is 3.22. The molecule has 4 nitrogen and oxygen atoms in total. The smallest absolute Gasteiger partial charge is 0.266 e. The zero-order chi connectivity index (χ0) is 15.8. The van der Waals surface area contributed by atoms with Gasteiger partial charge in [-0.25, -0.2) is 4.98 Å². The van der Waals surface area contributed by atoms with Crippen LogP contribution in [0.3, 0.4) is 0 Å². The lowest BCUT2D eigenvalue weighted by atomic mass is 10.1. The van der Waals surface area contributed by atoms with Gasteiger partial charge in [0.05, 0.1) is 11.4 Å². The Balaban J connectivity index is 1.61. The highest BCUT2D eigenvalue weighted by molar-refractivity contribution is 7.17. The Morgan fingerprint density at radius 1 is 1.30 bits per heavy atom. The molecule has 0 aromatic carbocycles. The Kier molecular flexibility index (Phi) is 3.71. The molecule has 1 aliphatic rings. The molecule has 3 aromatic heterocycles. The van der Waals surface area contributed by atoms with Crippen molar-refractivity contribution in [1.82, 2.24) is 14.9 Å². The third kappa shape index (κ3) is 2.68. The van der Waals surface area contributed by atoms with Crippen LogP contribution in [0.5, 0.6) is 0 Å². The fraction of sp³-hybridized carbons (Fsp3) is 0.235. The minimum absolute atomic E-state index is 0.0824. The molecule has 0 radical (unpaired) electrons. The van der Waals surface area contributed by atoms with E-state index in [0.29, 0.717) is 6.54 Å². The van der Waals surface area contributed by atoms with E-state index in [1.807, 2.05) is 30.0 Å². The van der Waals surface area contributed by atoms with Crippen LogP contribution in [0.4, 0.5) is 0 Å². The topological polar surface area (TPSA) is 46.1 Å². The molecule has 0 unspecified atom stereocenters. The summed E-state index contributed by atoms with van der Waals surface area (Å²) in [6, 6.07) is 7.86. The largest absolute Gasteiger partial charge is 0.333 e. The van der Waals surface area contributed by atoms with Crippen molar-refractivity contribution in [2.75, 3.05) is 6.54 Å². The van der Waals surface area contributed by atoms with Crippen LogP contribution in [0.1, 0.15) is 25.8 Å². The molecule has 0 atom stereocenters. The average molecular weight is 341 g/mol. The van der Waals surface area contributed by atoms with E-state index in [1.165, 1.54) is 21.8 Å². The van der Waals surface area contributed by atoms with Gasteiger partial charge < -0.3 is 4.90 Å². The second-order valence-corrected chi connectivity index (χ2v) is 7.49. The van der Waals surface area contributed by atoms with Gasteiger partial charge in [0, 0.05) is 24.2 Å². The van der Waals surface area contributed by atoms with Gasteiger partial charge in [-0.05, 0) is 42.5 Å². The number of nitrogens with zero attached hydrogens (tertiary/aromatic N) is 3. The number of aryl methyl sites for hydroxylation is 1. The number of hydrogen-bond donors (Lipinski definition) is 0. The molecule has 0 fully saturated rings. The van der Waals surface area contributed by atoms with Crippen molar-refractivity contribution in [2.45, 2.75) is 19.9 Å². The maximum absolute atomic E-state index is 12.9. The highest BCUT2D eigenvalue weighted by Crippen LogP contribution is 2.30. The number of carbonyl (C=O) groups excluding carboxylic acids is 1. The second-order valence-electron chi connectivity index (χ2n) is 5.49. The van der Waals surface area contributed by atoms with Crippen molar-refractivity contribution < 1.29 is 4.79 Å². The first kappa shape index (κ1) is 14.5. The summed E-state index contributed by atoms with van der Waals surface area (Å²) in [7, 11) is 0. The molecule has 0 spiro atoms. The number of aromatic nitrogens is 2. The third-order valence-corrected chi connectivity index (χ3v) is 6.16. The van der Waals surface area contributed by atoms with Gasteiger partial charge in [-0.15, -0.1) is 22.7 Å². The lowest BCUT2D eigenvalue weighted by Gasteiger charge is -2.26. The van der Waals surface area contributed by atoms with Crippen molar-refractivity contribution >= 4 is 28.6 Å². The number of thiazole rings is 1. The van der Waals surface area contributed by atoms with Crippen LogP contribution in [0.15, 0.2) is 35.8 Å². The van der Waals surface area contributed by atoms with Crippen LogP contribution in [0.2, 0.25) is 0 Å². The van der Waals surface area contributed by atoms with Crippen molar-refractivity contribution in [3.8, 4) is 10.7 Å². The number of pyridine rings is 1. The fourth-order valence-corrected chi connectivity index (χ4v) is 4.66. The summed E-state index contributed by atoms with van der Waals surface area (Å²) in [4.78, 5) is 25.8. The van der Waals surface area contributed by atoms with Crippen molar-refractivity contribution in [3.05, 3.63) is 56.9 Å². The van der Waals surface area contributed by atoms with Gasteiger partial charge in [-0.3, -0.25) is 9.78 Å². The van der Waals surface area contributed by atoms with Crippen LogP contribution in [-0.4, -0.2) is 27.3 Å². The van der Waals surface area contributed by atoms with Crippen LogP contribution < -0.4 is 0 Å². The molecule has 4 heterocycles. The number of amides is 1. The van der Waals surface area contributed by atoms with E-state index in [-0.39, 0.29) is 5.91 Å². The predicted octanol–water partition coefficient (Wildman–Crippen LogP) is 3.77. The first-order valence-corrected chi connectivity index (χ1v) is 9.15. The number of carbonyl (C=O) groups is 1. The van der Waals surface area contributed by atoms with Crippen molar-refractivity contribution in [2.24, 2.45) is 0 Å². The third-order valence-electron chi connectivity index (χ3n) is 3.97. The van der Waals surface area contributed by atoms with Crippen LogP contribution >= 0.6 is 22.7 Å². The molecular formula is C17H15N3OS2. The molecule has 1 aliphatic heterocycles. The van der Waals surface area contributed by atoms with Gasteiger partial charge in [0.1, 0.15) is 9.88 Å². The molecule has 23 heavy (non-hydrogen) atoms. The first-order chi connectivity index (χ1) is 11.2. The minimum atomic E-state index is 0.0824. The molecule has 6 heteroatoms. The zero-order valence-corrected chi connectivity index (χ0v) is 14.3. The van der Waals surface area contributed by atoms with E-state index < -0.39 is 0 Å². The highest BCUT2D eigenvalue weighted by Gasteiger charge is 2.26. The van der Waals surface area contributed by atoms with Crippen LogP contribution in [0, 0.1) is 6.92 Å². The molecule has 0 saturated carbocycles. The van der Waals surface area contributed by atoms with Gasteiger partial charge >= 0.3 is 0 Å². The number of fused-ring (bicyclic) bond motifs is 1. The van der Waals surface area contributed by atoms with Gasteiger partial charge in [-0.2, -0.15) is 0 Å². The van der Waals surface area contributed by atoms with E-state index in [4.69, 9.17) is 0 Å². The summed E-state index contributed by atoms with van der Waals surface area (Å²) in [5, 5.41) is 2.91. The summed E-state index contributed by atoms with van der Waals surface area (Å²) in [6.45, 7) is 3.38. The lowest BCUT2D eigenvalue weighted by Crippen LogP contribution is -2.35. The fourth-order valence-electron chi connectivity index (χ4n) is 2.76. The molecule has 116 valence electrons. The van der Waals surface area contributed by atoms with E-state index in [9.17, 15) is 4.79 Å². The summed E-state index contributed by atoms with van der Waals surface area (Å²) in [6.07, 6.45) is 2.69. The number of thiophene rings is 1. The molecule has 3 aromatic rings. The van der Waals surface area contributed by atoms with Crippen LogP contribution in [0.25, 0.3) is 10.7 Å². The van der Waals surface area contributed by atoms with Crippen molar-refractivity contribution in [1.29, 1.82) is 0 Å². The molecule has 0 N–H and O–H groups in total.